The Morgan fingerprint density at radius 1 is 1.25 bits per heavy atom. The summed E-state index contributed by atoms with van der Waals surface area (Å²) in [5.74, 6) is 0.0308. The Balaban J connectivity index is 1.61. The van der Waals surface area contributed by atoms with Gasteiger partial charge in [-0.3, -0.25) is 4.79 Å². The fraction of sp³-hybridized carbons (Fsp3) is 0.263. The number of imidazole rings is 1. The average Bonchev–Trinajstić information content (AvgIpc) is 3.10. The average molecular weight is 321 g/mol. The van der Waals surface area contributed by atoms with Crippen molar-refractivity contribution >= 4 is 16.9 Å². The number of H-pyrrole nitrogens is 1. The summed E-state index contributed by atoms with van der Waals surface area (Å²) in [6.45, 7) is 3.19. The molecule has 5 heteroatoms. The zero-order valence-corrected chi connectivity index (χ0v) is 13.5. The molecule has 2 aromatic carbocycles. The van der Waals surface area contributed by atoms with Crippen molar-refractivity contribution in [2.45, 2.75) is 19.1 Å². The Hall–Kier alpha value is -2.66. The van der Waals surface area contributed by atoms with E-state index < -0.39 is 0 Å². The van der Waals surface area contributed by atoms with E-state index in [1.807, 2.05) is 60.4 Å². The fourth-order valence-corrected chi connectivity index (χ4v) is 3.32. The summed E-state index contributed by atoms with van der Waals surface area (Å²) in [4.78, 5) is 22.1. The minimum Gasteiger partial charge on any atom is -0.370 e. The lowest BCUT2D eigenvalue weighted by atomic mass is 9.99. The molecule has 2 unspecified atom stereocenters. The van der Waals surface area contributed by atoms with Crippen molar-refractivity contribution in [2.75, 3.05) is 13.2 Å². The molecule has 3 aromatic rings. The number of hydrogen-bond acceptors (Lipinski definition) is 3. The number of ether oxygens (including phenoxy) is 1. The molecule has 122 valence electrons. The first-order valence-electron chi connectivity index (χ1n) is 8.15. The number of fused-ring (bicyclic) bond motifs is 1. The monoisotopic (exact) mass is 321 g/mol. The number of nitrogens with one attached hydrogen (secondary N) is 1. The Labute approximate surface area is 140 Å². The molecular weight excluding hydrogens is 302 g/mol. The van der Waals surface area contributed by atoms with Gasteiger partial charge < -0.3 is 14.6 Å². The molecule has 4 rings (SSSR count). The SMILES string of the molecule is CC1C(c2ccccc2)OCCN1C(=O)c1ccc2nc[nH]c2c1. The van der Waals surface area contributed by atoms with Crippen LogP contribution in [0.4, 0.5) is 0 Å². The molecule has 2 heterocycles. The third kappa shape index (κ3) is 2.57. The van der Waals surface area contributed by atoms with E-state index in [2.05, 4.69) is 9.97 Å². The van der Waals surface area contributed by atoms with Crippen LogP contribution in [0.3, 0.4) is 0 Å². The van der Waals surface area contributed by atoms with Gasteiger partial charge in [-0.1, -0.05) is 30.3 Å². The molecule has 2 atom stereocenters. The summed E-state index contributed by atoms with van der Waals surface area (Å²) in [7, 11) is 0. The standard InChI is InChI=1S/C19H19N3O2/c1-13-18(14-5-3-2-4-6-14)24-10-9-22(13)19(23)15-7-8-16-17(11-15)21-12-20-16/h2-8,11-13,18H,9-10H2,1H3,(H,20,21). The number of rotatable bonds is 2. The molecular formula is C19H19N3O2. The Morgan fingerprint density at radius 2 is 2.08 bits per heavy atom. The Morgan fingerprint density at radius 3 is 2.92 bits per heavy atom. The second kappa shape index (κ2) is 6.09. The molecule has 1 aliphatic heterocycles. The van der Waals surface area contributed by atoms with E-state index in [4.69, 9.17) is 4.74 Å². The van der Waals surface area contributed by atoms with Crippen molar-refractivity contribution in [3.8, 4) is 0 Å². The van der Waals surface area contributed by atoms with Gasteiger partial charge in [0.2, 0.25) is 0 Å². The maximum absolute atomic E-state index is 13.0. The van der Waals surface area contributed by atoms with Gasteiger partial charge in [0, 0.05) is 12.1 Å². The quantitative estimate of drug-likeness (QED) is 0.789. The Bertz CT molecular complexity index is 859. The van der Waals surface area contributed by atoms with Gasteiger partial charge in [-0.25, -0.2) is 4.98 Å². The summed E-state index contributed by atoms with van der Waals surface area (Å²) in [5, 5.41) is 0. The number of hydrogen-bond donors (Lipinski definition) is 1. The number of benzene rings is 2. The normalized spacial score (nSPS) is 21.1. The number of carbonyl (C=O) groups excluding carboxylic acids is 1. The molecule has 0 saturated carbocycles. The third-order valence-corrected chi connectivity index (χ3v) is 4.62. The number of aromatic nitrogens is 2. The number of carbonyl (C=O) groups is 1. The lowest BCUT2D eigenvalue weighted by molar-refractivity contribution is -0.0551. The topological polar surface area (TPSA) is 58.2 Å². The van der Waals surface area contributed by atoms with E-state index >= 15 is 0 Å². The Kier molecular flexibility index (Phi) is 3.78. The number of nitrogens with zero attached hydrogens (tertiary/aromatic N) is 2. The van der Waals surface area contributed by atoms with E-state index in [-0.39, 0.29) is 18.1 Å². The minimum atomic E-state index is -0.0974. The van der Waals surface area contributed by atoms with Gasteiger partial charge in [0.25, 0.3) is 5.91 Å². The lowest BCUT2D eigenvalue weighted by Gasteiger charge is -2.39. The van der Waals surface area contributed by atoms with Gasteiger partial charge in [0.05, 0.1) is 30.0 Å². The van der Waals surface area contributed by atoms with E-state index in [1.165, 1.54) is 0 Å². The van der Waals surface area contributed by atoms with Crippen molar-refractivity contribution in [1.29, 1.82) is 0 Å². The van der Waals surface area contributed by atoms with Crippen LogP contribution in [0, 0.1) is 0 Å². The third-order valence-electron chi connectivity index (χ3n) is 4.62. The van der Waals surface area contributed by atoms with Crippen LogP contribution in [0.25, 0.3) is 11.0 Å². The van der Waals surface area contributed by atoms with Gasteiger partial charge in [-0.15, -0.1) is 0 Å². The van der Waals surface area contributed by atoms with E-state index in [9.17, 15) is 4.79 Å². The molecule has 1 N–H and O–H groups in total. The first kappa shape index (κ1) is 14.9. The predicted molar refractivity (Wildman–Crippen MR) is 91.7 cm³/mol. The molecule has 0 bridgehead atoms. The predicted octanol–water partition coefficient (Wildman–Crippen LogP) is 3.17. The summed E-state index contributed by atoms with van der Waals surface area (Å²) in [5.41, 5.74) is 3.52. The van der Waals surface area contributed by atoms with Crippen LogP contribution < -0.4 is 0 Å². The number of aromatic amines is 1. The zero-order valence-electron chi connectivity index (χ0n) is 13.5. The van der Waals surface area contributed by atoms with Gasteiger partial charge >= 0.3 is 0 Å². The van der Waals surface area contributed by atoms with Crippen LogP contribution in [-0.2, 0) is 4.74 Å². The van der Waals surface area contributed by atoms with Gasteiger partial charge in [0.15, 0.2) is 0 Å². The second-order valence-electron chi connectivity index (χ2n) is 6.08. The van der Waals surface area contributed by atoms with Crippen LogP contribution in [0.15, 0.2) is 54.9 Å². The van der Waals surface area contributed by atoms with Crippen LogP contribution >= 0.6 is 0 Å². The maximum atomic E-state index is 13.0. The molecule has 1 aromatic heterocycles. The molecule has 24 heavy (non-hydrogen) atoms. The number of amides is 1. The maximum Gasteiger partial charge on any atom is 0.254 e. The molecule has 0 spiro atoms. The van der Waals surface area contributed by atoms with Crippen LogP contribution in [0.2, 0.25) is 0 Å². The molecule has 1 amide bonds. The summed E-state index contributed by atoms with van der Waals surface area (Å²) >= 11 is 0. The van der Waals surface area contributed by atoms with Gasteiger partial charge in [-0.2, -0.15) is 0 Å². The highest BCUT2D eigenvalue weighted by Crippen LogP contribution is 2.29. The van der Waals surface area contributed by atoms with Crippen molar-refractivity contribution < 1.29 is 9.53 Å². The van der Waals surface area contributed by atoms with E-state index in [1.54, 1.807) is 6.33 Å². The number of morpholine rings is 1. The molecule has 1 saturated heterocycles. The van der Waals surface area contributed by atoms with Crippen molar-refractivity contribution in [3.05, 3.63) is 66.0 Å². The largest absolute Gasteiger partial charge is 0.370 e. The molecule has 0 aliphatic carbocycles. The second-order valence-corrected chi connectivity index (χ2v) is 6.08. The minimum absolute atomic E-state index is 0.0221. The molecule has 5 nitrogen and oxygen atoms in total. The first-order chi connectivity index (χ1) is 11.7. The fourth-order valence-electron chi connectivity index (χ4n) is 3.32. The van der Waals surface area contributed by atoms with Crippen LogP contribution in [0.1, 0.15) is 28.9 Å². The zero-order chi connectivity index (χ0) is 16.5. The highest BCUT2D eigenvalue weighted by Gasteiger charge is 2.33. The molecule has 1 aliphatic rings. The lowest BCUT2D eigenvalue weighted by Crippen LogP contribution is -2.48. The van der Waals surface area contributed by atoms with Gasteiger partial charge in [-0.05, 0) is 30.7 Å². The molecule has 0 radical (unpaired) electrons. The van der Waals surface area contributed by atoms with Crippen LogP contribution in [-0.4, -0.2) is 40.0 Å². The van der Waals surface area contributed by atoms with E-state index in [0.717, 1.165) is 16.6 Å². The summed E-state index contributed by atoms with van der Waals surface area (Å²) in [6.07, 6.45) is 1.54. The van der Waals surface area contributed by atoms with E-state index in [0.29, 0.717) is 18.7 Å². The highest BCUT2D eigenvalue weighted by atomic mass is 16.5. The summed E-state index contributed by atoms with van der Waals surface area (Å²) in [6, 6.07) is 15.6. The van der Waals surface area contributed by atoms with Crippen molar-refractivity contribution in [1.82, 2.24) is 14.9 Å². The first-order valence-corrected chi connectivity index (χ1v) is 8.15. The van der Waals surface area contributed by atoms with Crippen LogP contribution in [0.5, 0.6) is 0 Å². The van der Waals surface area contributed by atoms with Gasteiger partial charge in [0.1, 0.15) is 6.10 Å². The van der Waals surface area contributed by atoms with Crippen molar-refractivity contribution in [2.24, 2.45) is 0 Å². The highest BCUT2D eigenvalue weighted by molar-refractivity contribution is 5.97. The smallest absolute Gasteiger partial charge is 0.254 e. The summed E-state index contributed by atoms with van der Waals surface area (Å²) < 4.78 is 5.94. The van der Waals surface area contributed by atoms with Crippen molar-refractivity contribution in [3.63, 3.8) is 0 Å². The molecule has 1 fully saturated rings.